The predicted molar refractivity (Wildman–Crippen MR) is 94.5 cm³/mol. The van der Waals surface area contributed by atoms with Gasteiger partial charge in [0.2, 0.25) is 5.91 Å². The molecule has 1 fully saturated rings. The maximum atomic E-state index is 13.8. The fourth-order valence-corrected chi connectivity index (χ4v) is 3.05. The molecular weight excluding hydrogens is 307 g/mol. The average Bonchev–Trinajstić information content (AvgIpc) is 2.56. The van der Waals surface area contributed by atoms with E-state index in [0.29, 0.717) is 18.4 Å². The Morgan fingerprint density at radius 3 is 2.75 bits per heavy atom. The number of allylic oxidation sites excluding steroid dienone is 1. The minimum absolute atomic E-state index is 0.131. The van der Waals surface area contributed by atoms with Crippen molar-refractivity contribution < 1.29 is 14.3 Å². The third kappa shape index (κ3) is 4.57. The van der Waals surface area contributed by atoms with Crippen LogP contribution < -0.4 is 10.2 Å². The number of anilines is 1. The minimum atomic E-state index is -0.312. The van der Waals surface area contributed by atoms with Gasteiger partial charge in [-0.2, -0.15) is 0 Å². The van der Waals surface area contributed by atoms with E-state index in [9.17, 15) is 14.3 Å². The second kappa shape index (κ2) is 8.29. The van der Waals surface area contributed by atoms with Gasteiger partial charge in [-0.15, -0.1) is 0 Å². The summed E-state index contributed by atoms with van der Waals surface area (Å²) in [6.07, 6.45) is 3.82. The molecule has 1 unspecified atom stereocenters. The zero-order chi connectivity index (χ0) is 17.7. The SMILES string of the molecule is CCC=C(C)C(=O)NC(C)c1cc(F)ccc1N1CCC(O)CC1. The lowest BCUT2D eigenvalue weighted by atomic mass is 10.0. The molecule has 0 bridgehead atoms. The highest BCUT2D eigenvalue weighted by Gasteiger charge is 2.22. The number of aliphatic hydroxyl groups is 1. The molecule has 0 aliphatic carbocycles. The minimum Gasteiger partial charge on any atom is -0.393 e. The van der Waals surface area contributed by atoms with Crippen LogP contribution >= 0.6 is 0 Å². The molecule has 1 aliphatic rings. The van der Waals surface area contributed by atoms with E-state index >= 15 is 0 Å². The van der Waals surface area contributed by atoms with Crippen LogP contribution in [0, 0.1) is 5.82 Å². The maximum absolute atomic E-state index is 13.8. The zero-order valence-corrected chi connectivity index (χ0v) is 14.7. The van der Waals surface area contributed by atoms with E-state index in [2.05, 4.69) is 10.2 Å². The highest BCUT2D eigenvalue weighted by molar-refractivity contribution is 5.93. The standard InChI is InChI=1S/C19H27FN2O2/c1-4-5-13(2)19(24)21-14(3)17-12-15(20)6-7-18(17)22-10-8-16(23)9-11-22/h5-7,12,14,16,23H,4,8-11H2,1-3H3,(H,21,24). The van der Waals surface area contributed by atoms with Crippen molar-refractivity contribution in [2.45, 2.75) is 52.2 Å². The van der Waals surface area contributed by atoms with E-state index in [1.807, 2.05) is 19.9 Å². The first-order chi connectivity index (χ1) is 11.4. The van der Waals surface area contributed by atoms with Crippen LogP contribution in [0.15, 0.2) is 29.8 Å². The zero-order valence-electron chi connectivity index (χ0n) is 14.7. The van der Waals surface area contributed by atoms with Gasteiger partial charge in [0.15, 0.2) is 0 Å². The Balaban J connectivity index is 2.20. The summed E-state index contributed by atoms with van der Waals surface area (Å²) in [5.74, 6) is -0.443. The average molecular weight is 334 g/mol. The van der Waals surface area contributed by atoms with Crippen molar-refractivity contribution in [1.82, 2.24) is 5.32 Å². The first-order valence-corrected chi connectivity index (χ1v) is 8.62. The summed E-state index contributed by atoms with van der Waals surface area (Å²) >= 11 is 0. The fraction of sp³-hybridized carbons (Fsp3) is 0.526. The summed E-state index contributed by atoms with van der Waals surface area (Å²) < 4.78 is 13.8. The third-order valence-electron chi connectivity index (χ3n) is 4.48. The number of amides is 1. The third-order valence-corrected chi connectivity index (χ3v) is 4.48. The Kier molecular flexibility index (Phi) is 6.37. The summed E-state index contributed by atoms with van der Waals surface area (Å²) in [4.78, 5) is 14.4. The largest absolute Gasteiger partial charge is 0.393 e. The Hall–Kier alpha value is -1.88. The van der Waals surface area contributed by atoms with Crippen LogP contribution in [-0.4, -0.2) is 30.2 Å². The monoisotopic (exact) mass is 334 g/mol. The number of carbonyl (C=O) groups is 1. The van der Waals surface area contributed by atoms with Crippen molar-refractivity contribution in [1.29, 1.82) is 0 Å². The molecule has 0 aromatic heterocycles. The topological polar surface area (TPSA) is 52.6 Å². The lowest BCUT2D eigenvalue weighted by Gasteiger charge is -2.34. The van der Waals surface area contributed by atoms with Gasteiger partial charge in [-0.05, 0) is 51.3 Å². The van der Waals surface area contributed by atoms with E-state index in [-0.39, 0.29) is 23.9 Å². The summed E-state index contributed by atoms with van der Waals surface area (Å²) in [6, 6.07) is 4.40. The van der Waals surface area contributed by atoms with Crippen molar-refractivity contribution in [3.05, 3.63) is 41.2 Å². The van der Waals surface area contributed by atoms with Gasteiger partial charge in [-0.3, -0.25) is 4.79 Å². The second-order valence-corrected chi connectivity index (χ2v) is 6.41. The van der Waals surface area contributed by atoms with Crippen LogP contribution in [0.25, 0.3) is 0 Å². The first kappa shape index (κ1) is 18.5. The molecule has 1 amide bonds. The fourth-order valence-electron chi connectivity index (χ4n) is 3.05. The molecule has 1 saturated heterocycles. The number of halogens is 1. The van der Waals surface area contributed by atoms with Gasteiger partial charge in [0.05, 0.1) is 12.1 Å². The Bertz CT molecular complexity index is 607. The van der Waals surface area contributed by atoms with Gasteiger partial charge >= 0.3 is 0 Å². The number of aliphatic hydroxyl groups excluding tert-OH is 1. The van der Waals surface area contributed by atoms with Crippen LogP contribution in [0.1, 0.15) is 51.6 Å². The molecule has 2 N–H and O–H groups in total. The van der Waals surface area contributed by atoms with E-state index < -0.39 is 0 Å². The van der Waals surface area contributed by atoms with Gasteiger partial charge in [0.1, 0.15) is 5.82 Å². The van der Waals surface area contributed by atoms with E-state index in [1.165, 1.54) is 12.1 Å². The van der Waals surface area contributed by atoms with Crippen molar-refractivity contribution >= 4 is 11.6 Å². The smallest absolute Gasteiger partial charge is 0.247 e. The number of nitrogens with zero attached hydrogens (tertiary/aromatic N) is 1. The summed E-state index contributed by atoms with van der Waals surface area (Å²) in [7, 11) is 0. The van der Waals surface area contributed by atoms with E-state index in [4.69, 9.17) is 0 Å². The Labute approximate surface area is 143 Å². The molecule has 2 rings (SSSR count). The number of carbonyl (C=O) groups excluding carboxylic acids is 1. The van der Waals surface area contributed by atoms with Crippen molar-refractivity contribution in [3.63, 3.8) is 0 Å². The van der Waals surface area contributed by atoms with Crippen LogP contribution in [0.2, 0.25) is 0 Å². The van der Waals surface area contributed by atoms with Crippen molar-refractivity contribution in [3.8, 4) is 0 Å². The highest BCUT2D eigenvalue weighted by Crippen LogP contribution is 2.29. The molecule has 24 heavy (non-hydrogen) atoms. The summed E-state index contributed by atoms with van der Waals surface area (Å²) in [6.45, 7) is 7.10. The van der Waals surface area contributed by atoms with Gasteiger partial charge in [-0.25, -0.2) is 4.39 Å². The number of hydrogen-bond donors (Lipinski definition) is 2. The molecule has 5 heteroatoms. The molecule has 1 heterocycles. The number of nitrogens with one attached hydrogen (secondary N) is 1. The first-order valence-electron chi connectivity index (χ1n) is 8.62. The van der Waals surface area contributed by atoms with Crippen molar-refractivity contribution in [2.24, 2.45) is 0 Å². The number of piperidine rings is 1. The van der Waals surface area contributed by atoms with Crippen molar-refractivity contribution in [2.75, 3.05) is 18.0 Å². The van der Waals surface area contributed by atoms with Crippen LogP contribution in [-0.2, 0) is 4.79 Å². The number of benzene rings is 1. The van der Waals surface area contributed by atoms with E-state index in [1.54, 1.807) is 13.0 Å². The molecule has 1 aliphatic heterocycles. The summed E-state index contributed by atoms with van der Waals surface area (Å²) in [5, 5.41) is 12.6. The number of rotatable bonds is 5. The molecule has 0 radical (unpaired) electrons. The Morgan fingerprint density at radius 2 is 2.12 bits per heavy atom. The molecule has 132 valence electrons. The molecule has 0 spiro atoms. The molecule has 1 atom stereocenters. The predicted octanol–water partition coefficient (Wildman–Crippen LogP) is 3.32. The normalized spacial score (nSPS) is 17.7. The second-order valence-electron chi connectivity index (χ2n) is 6.41. The molecule has 0 saturated carbocycles. The van der Waals surface area contributed by atoms with Crippen LogP contribution in [0.3, 0.4) is 0 Å². The maximum Gasteiger partial charge on any atom is 0.247 e. The molecule has 1 aromatic rings. The quantitative estimate of drug-likeness (QED) is 0.812. The van der Waals surface area contributed by atoms with Gasteiger partial charge < -0.3 is 15.3 Å². The van der Waals surface area contributed by atoms with Gasteiger partial charge in [0, 0.05) is 29.9 Å². The Morgan fingerprint density at radius 1 is 1.46 bits per heavy atom. The van der Waals surface area contributed by atoms with Gasteiger partial charge in [0.25, 0.3) is 0 Å². The molecular formula is C19H27FN2O2. The summed E-state index contributed by atoms with van der Waals surface area (Å²) in [5.41, 5.74) is 2.36. The highest BCUT2D eigenvalue weighted by atomic mass is 19.1. The number of hydrogen-bond acceptors (Lipinski definition) is 3. The molecule has 4 nitrogen and oxygen atoms in total. The lowest BCUT2D eigenvalue weighted by Crippen LogP contribution is -2.37. The van der Waals surface area contributed by atoms with Crippen LogP contribution in [0.5, 0.6) is 0 Å². The van der Waals surface area contributed by atoms with E-state index in [0.717, 1.165) is 30.8 Å². The lowest BCUT2D eigenvalue weighted by molar-refractivity contribution is -0.118. The van der Waals surface area contributed by atoms with Gasteiger partial charge in [-0.1, -0.05) is 13.0 Å². The molecule has 1 aromatic carbocycles. The van der Waals surface area contributed by atoms with Crippen LogP contribution in [0.4, 0.5) is 10.1 Å².